The van der Waals surface area contributed by atoms with Gasteiger partial charge < -0.3 is 15.5 Å². The fraction of sp³-hybridized carbons (Fsp3) is 0.429. The molecule has 1 heterocycles. The fourth-order valence-corrected chi connectivity index (χ4v) is 4.07. The number of thiazole rings is 1. The number of rotatable bonds is 8. The molecule has 2 aromatic rings. The number of benzene rings is 1. The Morgan fingerprint density at radius 3 is 2.48 bits per heavy atom. The Kier molecular flexibility index (Phi) is 7.35. The molecule has 2 N–H and O–H groups in total. The summed E-state index contributed by atoms with van der Waals surface area (Å²) in [4.78, 5) is 43.1. The van der Waals surface area contributed by atoms with Gasteiger partial charge in [0.25, 0.3) is 0 Å². The standard InChI is InChI=1S/C21H26N4O3S/c1-15-14-29-21(22-15)24-18(26)11-12-20(28)25(17-9-3-2-4-10-17)13-19(27)23-16-7-5-6-8-16/h2-4,9-10,14,16H,5-8,11-13H2,1H3,(H,23,27)(H,22,24,26). The number of hydrogen-bond acceptors (Lipinski definition) is 5. The Labute approximate surface area is 174 Å². The van der Waals surface area contributed by atoms with Crippen LogP contribution in [-0.4, -0.2) is 35.3 Å². The van der Waals surface area contributed by atoms with Gasteiger partial charge in [-0.2, -0.15) is 0 Å². The lowest BCUT2D eigenvalue weighted by Crippen LogP contribution is -2.43. The number of anilines is 2. The number of aryl methyl sites for hydroxylation is 1. The lowest BCUT2D eigenvalue weighted by molar-refractivity contribution is -0.125. The van der Waals surface area contributed by atoms with Crippen LogP contribution in [0.1, 0.15) is 44.2 Å². The number of hydrogen-bond donors (Lipinski definition) is 2. The molecule has 0 unspecified atom stereocenters. The van der Waals surface area contributed by atoms with Gasteiger partial charge in [-0.3, -0.25) is 14.4 Å². The van der Waals surface area contributed by atoms with Crippen molar-refractivity contribution in [1.82, 2.24) is 10.3 Å². The minimum absolute atomic E-state index is 0.0157. The molecule has 1 aliphatic carbocycles. The van der Waals surface area contributed by atoms with E-state index in [1.807, 2.05) is 30.5 Å². The highest BCUT2D eigenvalue weighted by molar-refractivity contribution is 7.13. The Morgan fingerprint density at radius 1 is 1.10 bits per heavy atom. The first kappa shape index (κ1) is 21.0. The predicted molar refractivity (Wildman–Crippen MR) is 114 cm³/mol. The largest absolute Gasteiger partial charge is 0.352 e. The molecule has 1 saturated carbocycles. The summed E-state index contributed by atoms with van der Waals surface area (Å²) in [5.41, 5.74) is 1.49. The normalized spacial score (nSPS) is 13.8. The van der Waals surface area contributed by atoms with Crippen LogP contribution in [0.4, 0.5) is 10.8 Å². The number of carbonyl (C=O) groups is 3. The smallest absolute Gasteiger partial charge is 0.240 e. The zero-order valence-electron chi connectivity index (χ0n) is 16.5. The number of nitrogens with one attached hydrogen (secondary N) is 2. The topological polar surface area (TPSA) is 91.4 Å². The maximum absolute atomic E-state index is 12.8. The number of nitrogens with zero attached hydrogens (tertiary/aromatic N) is 2. The second-order valence-electron chi connectivity index (χ2n) is 7.21. The van der Waals surface area contributed by atoms with Gasteiger partial charge >= 0.3 is 0 Å². The molecule has 1 aromatic carbocycles. The SMILES string of the molecule is Cc1csc(NC(=O)CCC(=O)N(CC(=O)NC2CCCC2)c2ccccc2)n1. The fourth-order valence-electron chi connectivity index (χ4n) is 3.37. The number of para-hydroxylation sites is 1. The Morgan fingerprint density at radius 2 is 1.83 bits per heavy atom. The van der Waals surface area contributed by atoms with E-state index in [9.17, 15) is 14.4 Å². The number of amides is 3. The molecule has 0 aliphatic heterocycles. The van der Waals surface area contributed by atoms with Crippen molar-refractivity contribution >= 4 is 39.9 Å². The molecule has 29 heavy (non-hydrogen) atoms. The summed E-state index contributed by atoms with van der Waals surface area (Å²) in [7, 11) is 0. The molecule has 0 saturated heterocycles. The van der Waals surface area contributed by atoms with Crippen LogP contribution < -0.4 is 15.5 Å². The van der Waals surface area contributed by atoms with Crippen LogP contribution in [0.5, 0.6) is 0 Å². The van der Waals surface area contributed by atoms with E-state index in [2.05, 4.69) is 15.6 Å². The van der Waals surface area contributed by atoms with Crippen LogP contribution in [0.3, 0.4) is 0 Å². The summed E-state index contributed by atoms with van der Waals surface area (Å²) in [6.07, 6.45) is 4.27. The molecule has 154 valence electrons. The van der Waals surface area contributed by atoms with Crippen molar-refractivity contribution in [1.29, 1.82) is 0 Å². The van der Waals surface area contributed by atoms with Crippen LogP contribution in [0, 0.1) is 6.92 Å². The molecule has 1 aliphatic rings. The van der Waals surface area contributed by atoms with Crippen molar-refractivity contribution in [3.05, 3.63) is 41.4 Å². The van der Waals surface area contributed by atoms with Crippen molar-refractivity contribution in [3.63, 3.8) is 0 Å². The van der Waals surface area contributed by atoms with Crippen molar-refractivity contribution in [3.8, 4) is 0 Å². The molecule has 0 spiro atoms. The molecule has 8 heteroatoms. The molecule has 3 rings (SSSR count). The first-order valence-corrected chi connectivity index (χ1v) is 10.8. The van der Waals surface area contributed by atoms with Crippen LogP contribution in [0.2, 0.25) is 0 Å². The molecule has 3 amide bonds. The van der Waals surface area contributed by atoms with Crippen molar-refractivity contribution in [2.45, 2.75) is 51.5 Å². The average Bonchev–Trinajstić information content (AvgIpc) is 3.36. The van der Waals surface area contributed by atoms with Gasteiger partial charge in [-0.1, -0.05) is 31.0 Å². The van der Waals surface area contributed by atoms with Crippen LogP contribution in [0.15, 0.2) is 35.7 Å². The third kappa shape index (κ3) is 6.39. The van der Waals surface area contributed by atoms with E-state index in [0.29, 0.717) is 10.8 Å². The zero-order valence-corrected chi connectivity index (χ0v) is 17.3. The summed E-state index contributed by atoms with van der Waals surface area (Å²) in [5.74, 6) is -0.698. The Bertz CT molecular complexity index is 847. The first-order valence-electron chi connectivity index (χ1n) is 9.88. The maximum Gasteiger partial charge on any atom is 0.240 e. The highest BCUT2D eigenvalue weighted by Gasteiger charge is 2.23. The summed E-state index contributed by atoms with van der Waals surface area (Å²) in [5, 5.41) is 8.09. The highest BCUT2D eigenvalue weighted by Crippen LogP contribution is 2.19. The van der Waals surface area contributed by atoms with Gasteiger partial charge in [0.05, 0.1) is 5.69 Å². The molecular formula is C21H26N4O3S. The van der Waals surface area contributed by atoms with Crippen molar-refractivity contribution in [2.75, 3.05) is 16.8 Å². The van der Waals surface area contributed by atoms with E-state index in [0.717, 1.165) is 31.4 Å². The van der Waals surface area contributed by atoms with Crippen molar-refractivity contribution in [2.24, 2.45) is 0 Å². The van der Waals surface area contributed by atoms with Crippen LogP contribution in [-0.2, 0) is 14.4 Å². The molecule has 1 aromatic heterocycles. The third-order valence-corrected chi connectivity index (χ3v) is 5.70. The van der Waals surface area contributed by atoms with Gasteiger partial charge in [-0.05, 0) is 31.9 Å². The van der Waals surface area contributed by atoms with E-state index in [4.69, 9.17) is 0 Å². The summed E-state index contributed by atoms with van der Waals surface area (Å²) in [6.45, 7) is 1.80. The molecular weight excluding hydrogens is 388 g/mol. The lowest BCUT2D eigenvalue weighted by Gasteiger charge is -2.23. The van der Waals surface area contributed by atoms with Gasteiger partial charge in [-0.15, -0.1) is 11.3 Å². The highest BCUT2D eigenvalue weighted by atomic mass is 32.1. The Balaban J connectivity index is 1.58. The quantitative estimate of drug-likeness (QED) is 0.694. The minimum atomic E-state index is -0.267. The molecule has 7 nitrogen and oxygen atoms in total. The van der Waals surface area contributed by atoms with Gasteiger partial charge in [0.15, 0.2) is 5.13 Å². The zero-order chi connectivity index (χ0) is 20.6. The van der Waals surface area contributed by atoms with Gasteiger partial charge in [0, 0.05) is 30.0 Å². The second-order valence-corrected chi connectivity index (χ2v) is 8.06. The third-order valence-electron chi connectivity index (χ3n) is 4.82. The molecule has 0 bridgehead atoms. The van der Waals surface area contributed by atoms with Gasteiger partial charge in [0.1, 0.15) is 6.54 Å². The predicted octanol–water partition coefficient (Wildman–Crippen LogP) is 3.26. The average molecular weight is 415 g/mol. The minimum Gasteiger partial charge on any atom is -0.352 e. The van der Waals surface area contributed by atoms with Crippen molar-refractivity contribution < 1.29 is 14.4 Å². The van der Waals surface area contributed by atoms with E-state index in [-0.39, 0.29) is 43.1 Å². The Hall–Kier alpha value is -2.74. The summed E-state index contributed by atoms with van der Waals surface area (Å²) >= 11 is 1.35. The number of aromatic nitrogens is 1. The lowest BCUT2D eigenvalue weighted by atomic mass is 10.2. The molecule has 1 fully saturated rings. The van der Waals surface area contributed by atoms with Crippen LogP contribution >= 0.6 is 11.3 Å². The van der Waals surface area contributed by atoms with Crippen LogP contribution in [0.25, 0.3) is 0 Å². The van der Waals surface area contributed by atoms with E-state index in [1.54, 1.807) is 12.1 Å². The number of carbonyl (C=O) groups excluding carboxylic acids is 3. The van der Waals surface area contributed by atoms with Gasteiger partial charge in [0.2, 0.25) is 17.7 Å². The monoisotopic (exact) mass is 414 g/mol. The van der Waals surface area contributed by atoms with E-state index in [1.165, 1.54) is 16.2 Å². The van der Waals surface area contributed by atoms with E-state index < -0.39 is 0 Å². The second kappa shape index (κ2) is 10.2. The molecule has 0 atom stereocenters. The molecule has 0 radical (unpaired) electrons. The summed E-state index contributed by atoms with van der Waals surface area (Å²) in [6, 6.07) is 9.28. The first-order chi connectivity index (χ1) is 14.0. The van der Waals surface area contributed by atoms with Gasteiger partial charge in [-0.25, -0.2) is 4.98 Å². The maximum atomic E-state index is 12.8. The summed E-state index contributed by atoms with van der Waals surface area (Å²) < 4.78 is 0. The van der Waals surface area contributed by atoms with E-state index >= 15 is 0 Å².